The first kappa shape index (κ1) is 24.9. The number of halogens is 2. The molecule has 0 aromatic rings. The highest BCUT2D eigenvalue weighted by Crippen LogP contribution is 2.62. The van der Waals surface area contributed by atoms with Crippen LogP contribution in [-0.2, 0) is 43.6 Å². The summed E-state index contributed by atoms with van der Waals surface area (Å²) < 4.78 is 94.2. The molecular formula is C21H27F2NO10S2. The minimum Gasteiger partial charge on any atom is -0.459 e. The number of hydrogen-bond acceptors (Lipinski definition) is 10. The van der Waals surface area contributed by atoms with Gasteiger partial charge in [0.25, 0.3) is 10.0 Å². The standard InChI is InChI=1S/C21H27F2NO10S2/c22-21(23,9-32-18(26)19-4-10-1-11(5-19)7-20(27,6-10)8-19)35(28,29)24-36(30,31)34-15-12-2-13-14(3-12)17(25)33-16(13)15/h10-16,24,27H,1-9H2. The molecule has 1 saturated heterocycles. The quantitative estimate of drug-likeness (QED) is 0.405. The Kier molecular flexibility index (Phi) is 5.24. The third-order valence-corrected chi connectivity index (χ3v) is 12.2. The van der Waals surface area contributed by atoms with Crippen molar-refractivity contribution < 1.29 is 54.0 Å². The van der Waals surface area contributed by atoms with Gasteiger partial charge >= 0.3 is 27.5 Å². The van der Waals surface area contributed by atoms with Crippen molar-refractivity contribution in [1.29, 1.82) is 0 Å². The van der Waals surface area contributed by atoms with Crippen molar-refractivity contribution in [2.24, 2.45) is 35.0 Å². The number of hydrogen-bond donors (Lipinski definition) is 2. The van der Waals surface area contributed by atoms with Gasteiger partial charge in [-0.3, -0.25) is 9.59 Å². The first-order chi connectivity index (χ1) is 16.6. The van der Waals surface area contributed by atoms with Gasteiger partial charge in [0.1, 0.15) is 12.2 Å². The van der Waals surface area contributed by atoms with Gasteiger partial charge in [0.2, 0.25) is 0 Å². The summed E-state index contributed by atoms with van der Waals surface area (Å²) in [4.78, 5) is 24.7. The topological polar surface area (TPSA) is 162 Å². The number of fused-ring (bicyclic) bond motifs is 1. The van der Waals surface area contributed by atoms with Crippen LogP contribution in [0.25, 0.3) is 0 Å². The average Bonchev–Trinajstić information content (AvgIpc) is 3.34. The van der Waals surface area contributed by atoms with Crippen LogP contribution in [0.2, 0.25) is 0 Å². The zero-order chi connectivity index (χ0) is 25.9. The van der Waals surface area contributed by atoms with Crippen molar-refractivity contribution in [3.63, 3.8) is 0 Å². The lowest BCUT2D eigenvalue weighted by atomic mass is 9.48. The van der Waals surface area contributed by atoms with Gasteiger partial charge < -0.3 is 14.6 Å². The second kappa shape index (κ2) is 7.58. The van der Waals surface area contributed by atoms with Gasteiger partial charge in [-0.1, -0.05) is 4.13 Å². The summed E-state index contributed by atoms with van der Waals surface area (Å²) in [5.41, 5.74) is -2.21. The highest BCUT2D eigenvalue weighted by atomic mass is 32.3. The summed E-state index contributed by atoms with van der Waals surface area (Å²) in [6.07, 6.45) is 1.46. The Balaban J connectivity index is 1.10. The lowest BCUT2D eigenvalue weighted by Gasteiger charge is -2.58. The molecule has 1 heterocycles. The molecule has 15 heteroatoms. The lowest BCUT2D eigenvalue weighted by molar-refractivity contribution is -0.199. The predicted octanol–water partition coefficient (Wildman–Crippen LogP) is 0.585. The van der Waals surface area contributed by atoms with E-state index < -0.39 is 67.4 Å². The monoisotopic (exact) mass is 555 g/mol. The van der Waals surface area contributed by atoms with Crippen LogP contribution in [0.1, 0.15) is 51.4 Å². The molecule has 6 aliphatic carbocycles. The largest absolute Gasteiger partial charge is 0.459 e. The lowest BCUT2D eigenvalue weighted by Crippen LogP contribution is -2.59. The molecule has 6 saturated carbocycles. The number of alkyl halides is 2. The molecule has 0 amide bonds. The van der Waals surface area contributed by atoms with Crippen molar-refractivity contribution in [1.82, 2.24) is 4.13 Å². The molecule has 0 aromatic heterocycles. The molecule has 1 aliphatic heterocycles. The zero-order valence-electron chi connectivity index (χ0n) is 19.1. The van der Waals surface area contributed by atoms with Crippen molar-refractivity contribution in [3.8, 4) is 0 Å². The number of carbonyl (C=O) groups is 2. The molecule has 2 N–H and O–H groups in total. The normalized spacial score (nSPS) is 44.8. The van der Waals surface area contributed by atoms with Gasteiger partial charge in [-0.15, -0.1) is 0 Å². The Morgan fingerprint density at radius 2 is 1.78 bits per heavy atom. The van der Waals surface area contributed by atoms with E-state index in [2.05, 4.69) is 0 Å². The summed E-state index contributed by atoms with van der Waals surface area (Å²) in [5.74, 6) is -2.34. The van der Waals surface area contributed by atoms with Crippen LogP contribution in [0.3, 0.4) is 0 Å². The molecule has 7 rings (SSSR count). The predicted molar refractivity (Wildman–Crippen MR) is 113 cm³/mol. The minimum absolute atomic E-state index is 0.0669. The van der Waals surface area contributed by atoms with Gasteiger partial charge in [-0.25, -0.2) is 12.6 Å². The summed E-state index contributed by atoms with van der Waals surface area (Å²) >= 11 is 0. The maximum Gasteiger partial charge on any atom is 0.393 e. The minimum atomic E-state index is -5.89. The molecule has 202 valence electrons. The zero-order valence-corrected chi connectivity index (χ0v) is 20.7. The molecule has 0 aromatic carbocycles. The first-order valence-corrected chi connectivity index (χ1v) is 14.9. The maximum absolute atomic E-state index is 14.6. The SMILES string of the molecule is O=C1OC2C3CC(CC13)C2OS(=O)(=O)NS(=O)(=O)C(F)(F)COC(=O)C12CC3CC(CC(O)(C3)C1)C2. The van der Waals surface area contributed by atoms with Crippen molar-refractivity contribution in [2.45, 2.75) is 74.4 Å². The Labute approximate surface area is 206 Å². The van der Waals surface area contributed by atoms with Crippen LogP contribution in [0.15, 0.2) is 0 Å². The molecule has 7 unspecified atom stereocenters. The second-order valence-electron chi connectivity index (χ2n) is 11.7. The Morgan fingerprint density at radius 1 is 1.11 bits per heavy atom. The fourth-order valence-corrected chi connectivity index (χ4v) is 10.7. The fourth-order valence-electron chi connectivity index (χ4n) is 8.23. The summed E-state index contributed by atoms with van der Waals surface area (Å²) in [6.45, 7) is -1.89. The van der Waals surface area contributed by atoms with E-state index in [-0.39, 0.29) is 36.0 Å². The van der Waals surface area contributed by atoms with Crippen molar-refractivity contribution in [3.05, 3.63) is 0 Å². The maximum atomic E-state index is 14.6. The number of esters is 2. The molecule has 0 spiro atoms. The molecule has 11 nitrogen and oxygen atoms in total. The third-order valence-electron chi connectivity index (χ3n) is 9.09. The summed E-state index contributed by atoms with van der Waals surface area (Å²) in [5, 5.41) is 5.96. The van der Waals surface area contributed by atoms with Crippen molar-refractivity contribution >= 4 is 32.3 Å². The molecule has 0 radical (unpaired) electrons. The first-order valence-electron chi connectivity index (χ1n) is 12.1. The Hall–Kier alpha value is -1.42. The summed E-state index contributed by atoms with van der Waals surface area (Å²) in [7, 11) is -11.1. The molecule has 7 aliphatic rings. The Bertz CT molecular complexity index is 1210. The van der Waals surface area contributed by atoms with E-state index in [4.69, 9.17) is 13.7 Å². The highest BCUT2D eigenvalue weighted by molar-refractivity contribution is 8.03. The second-order valence-corrected chi connectivity index (χ2v) is 15.1. The van der Waals surface area contributed by atoms with Crippen LogP contribution < -0.4 is 4.13 Å². The van der Waals surface area contributed by atoms with E-state index in [1.54, 1.807) is 0 Å². The smallest absolute Gasteiger partial charge is 0.393 e. The fraction of sp³-hybridized carbons (Fsp3) is 0.905. The van der Waals surface area contributed by atoms with E-state index in [9.17, 15) is 40.3 Å². The number of aliphatic hydroxyl groups is 1. The van der Waals surface area contributed by atoms with Gasteiger partial charge in [-0.05, 0) is 69.1 Å². The number of sulfonamides is 1. The number of nitrogens with one attached hydrogen (secondary N) is 1. The van der Waals surface area contributed by atoms with Gasteiger partial charge in [0, 0.05) is 5.92 Å². The van der Waals surface area contributed by atoms with E-state index in [1.807, 2.05) is 0 Å². The van der Waals surface area contributed by atoms with Crippen LogP contribution in [-0.4, -0.2) is 63.6 Å². The van der Waals surface area contributed by atoms with Crippen LogP contribution in [0, 0.1) is 35.0 Å². The van der Waals surface area contributed by atoms with E-state index in [0.717, 1.165) is 10.5 Å². The summed E-state index contributed by atoms with van der Waals surface area (Å²) in [6, 6.07) is 0. The highest BCUT2D eigenvalue weighted by Gasteiger charge is 2.64. The number of carbonyl (C=O) groups excluding carboxylic acids is 2. The van der Waals surface area contributed by atoms with Crippen LogP contribution >= 0.6 is 0 Å². The molecule has 6 bridgehead atoms. The number of ether oxygens (including phenoxy) is 2. The molecule has 7 fully saturated rings. The van der Waals surface area contributed by atoms with Crippen molar-refractivity contribution in [2.75, 3.05) is 6.61 Å². The molecular weight excluding hydrogens is 528 g/mol. The van der Waals surface area contributed by atoms with E-state index in [1.165, 1.54) is 0 Å². The average molecular weight is 556 g/mol. The number of rotatable bonds is 8. The third kappa shape index (κ3) is 3.79. The molecule has 36 heavy (non-hydrogen) atoms. The van der Waals surface area contributed by atoms with Gasteiger partial charge in [-0.2, -0.15) is 17.2 Å². The van der Waals surface area contributed by atoms with E-state index >= 15 is 0 Å². The van der Waals surface area contributed by atoms with E-state index in [0.29, 0.717) is 38.5 Å². The Morgan fingerprint density at radius 3 is 2.42 bits per heavy atom. The van der Waals surface area contributed by atoms with Crippen LogP contribution in [0.4, 0.5) is 8.78 Å². The van der Waals surface area contributed by atoms with Crippen LogP contribution in [0.5, 0.6) is 0 Å². The molecule has 7 atom stereocenters. The van der Waals surface area contributed by atoms with Gasteiger partial charge in [0.15, 0.2) is 6.61 Å². The van der Waals surface area contributed by atoms with Gasteiger partial charge in [0.05, 0.1) is 16.9 Å².